The van der Waals surface area contributed by atoms with Crippen molar-refractivity contribution in [2.45, 2.75) is 13.0 Å². The molecule has 0 spiro atoms. The zero-order valence-electron chi connectivity index (χ0n) is 8.88. The molecule has 0 saturated heterocycles. The number of nitriles is 1. The number of benzene rings is 1. The lowest BCUT2D eigenvalue weighted by molar-refractivity contribution is -0.384. The van der Waals surface area contributed by atoms with Gasteiger partial charge in [-0.15, -0.1) is 0 Å². The third kappa shape index (κ3) is 2.92. The molecular formula is C10H9N3O4. The standard InChI is InChI=1S/C10H9N3O4/c1-6(10(14)15)12-8-4-7(5-11)2-3-9(8)13(16)17/h2-4,6,12H,1H3,(H,14,15). The largest absolute Gasteiger partial charge is 0.480 e. The lowest BCUT2D eigenvalue weighted by Crippen LogP contribution is -2.25. The van der Waals surface area contributed by atoms with Gasteiger partial charge in [0.15, 0.2) is 0 Å². The molecule has 0 aliphatic carbocycles. The van der Waals surface area contributed by atoms with Gasteiger partial charge >= 0.3 is 5.97 Å². The van der Waals surface area contributed by atoms with E-state index >= 15 is 0 Å². The zero-order valence-corrected chi connectivity index (χ0v) is 8.88. The van der Waals surface area contributed by atoms with E-state index in [9.17, 15) is 14.9 Å². The van der Waals surface area contributed by atoms with Crippen LogP contribution in [0.1, 0.15) is 12.5 Å². The van der Waals surface area contributed by atoms with Crippen molar-refractivity contribution >= 4 is 17.3 Å². The van der Waals surface area contributed by atoms with E-state index in [1.165, 1.54) is 19.1 Å². The smallest absolute Gasteiger partial charge is 0.325 e. The molecule has 0 aliphatic rings. The van der Waals surface area contributed by atoms with Gasteiger partial charge in [0.2, 0.25) is 0 Å². The number of hydrogen-bond donors (Lipinski definition) is 2. The highest BCUT2D eigenvalue weighted by Crippen LogP contribution is 2.25. The Hall–Kier alpha value is -2.62. The third-order valence-corrected chi connectivity index (χ3v) is 2.06. The minimum absolute atomic E-state index is 0.0175. The molecule has 0 amide bonds. The second-order valence-electron chi connectivity index (χ2n) is 3.31. The van der Waals surface area contributed by atoms with Gasteiger partial charge < -0.3 is 10.4 Å². The van der Waals surface area contributed by atoms with Crippen LogP contribution < -0.4 is 5.32 Å². The Balaban J connectivity index is 3.14. The summed E-state index contributed by atoms with van der Waals surface area (Å²) in [6.07, 6.45) is 0. The summed E-state index contributed by atoms with van der Waals surface area (Å²) in [5, 5.41) is 30.6. The number of hydrogen-bond acceptors (Lipinski definition) is 5. The molecule has 1 aromatic rings. The maximum Gasteiger partial charge on any atom is 0.325 e. The van der Waals surface area contributed by atoms with Crippen LogP contribution >= 0.6 is 0 Å². The SMILES string of the molecule is CC(Nc1cc(C#N)ccc1[N+](=O)[O-])C(=O)O. The van der Waals surface area contributed by atoms with Crippen LogP contribution in [0.2, 0.25) is 0 Å². The van der Waals surface area contributed by atoms with Crippen LogP contribution in [0.15, 0.2) is 18.2 Å². The first-order valence-corrected chi connectivity index (χ1v) is 4.63. The fraction of sp³-hybridized carbons (Fsp3) is 0.200. The molecule has 1 unspecified atom stereocenters. The molecule has 0 saturated carbocycles. The summed E-state index contributed by atoms with van der Waals surface area (Å²) in [6, 6.07) is 4.55. The van der Waals surface area contributed by atoms with Crippen molar-refractivity contribution in [1.82, 2.24) is 0 Å². The third-order valence-electron chi connectivity index (χ3n) is 2.06. The van der Waals surface area contributed by atoms with Crippen LogP contribution in [0, 0.1) is 21.4 Å². The molecule has 2 N–H and O–H groups in total. The van der Waals surface area contributed by atoms with Crippen molar-refractivity contribution in [3.05, 3.63) is 33.9 Å². The summed E-state index contributed by atoms with van der Waals surface area (Å²) in [4.78, 5) is 20.7. The van der Waals surface area contributed by atoms with E-state index in [4.69, 9.17) is 10.4 Å². The molecule has 0 heterocycles. The highest BCUT2D eigenvalue weighted by Gasteiger charge is 2.18. The Morgan fingerprint density at radius 1 is 1.65 bits per heavy atom. The van der Waals surface area contributed by atoms with E-state index < -0.39 is 16.9 Å². The fourth-order valence-electron chi connectivity index (χ4n) is 1.18. The van der Waals surface area contributed by atoms with E-state index in [1.54, 1.807) is 0 Å². The van der Waals surface area contributed by atoms with Gasteiger partial charge in [0.1, 0.15) is 11.7 Å². The molecule has 1 atom stereocenters. The summed E-state index contributed by atoms with van der Waals surface area (Å²) in [6.45, 7) is 1.35. The van der Waals surface area contributed by atoms with Crippen molar-refractivity contribution in [3.63, 3.8) is 0 Å². The molecule has 1 aromatic carbocycles. The van der Waals surface area contributed by atoms with E-state index in [2.05, 4.69) is 5.32 Å². The number of aliphatic carboxylic acids is 1. The van der Waals surface area contributed by atoms with Crippen molar-refractivity contribution in [2.24, 2.45) is 0 Å². The number of carboxylic acids is 1. The Labute approximate surface area is 96.4 Å². The zero-order chi connectivity index (χ0) is 13.0. The molecule has 0 aliphatic heterocycles. The van der Waals surface area contributed by atoms with E-state index in [0.717, 1.165) is 6.07 Å². The number of nitro benzene ring substituents is 1. The van der Waals surface area contributed by atoms with Gasteiger partial charge in [0, 0.05) is 6.07 Å². The first-order valence-electron chi connectivity index (χ1n) is 4.63. The molecule has 17 heavy (non-hydrogen) atoms. The Bertz CT molecular complexity index is 507. The Morgan fingerprint density at radius 2 is 2.29 bits per heavy atom. The summed E-state index contributed by atoms with van der Waals surface area (Å²) in [7, 11) is 0. The van der Waals surface area contributed by atoms with E-state index in [0.29, 0.717) is 0 Å². The highest BCUT2D eigenvalue weighted by molar-refractivity contribution is 5.78. The monoisotopic (exact) mass is 235 g/mol. The molecular weight excluding hydrogens is 226 g/mol. The molecule has 0 fully saturated rings. The van der Waals surface area contributed by atoms with Crippen molar-refractivity contribution in [3.8, 4) is 6.07 Å². The van der Waals surface area contributed by atoms with Crippen LogP contribution in [0.4, 0.5) is 11.4 Å². The molecule has 0 aromatic heterocycles. The average Bonchev–Trinajstić information content (AvgIpc) is 2.28. The normalized spacial score (nSPS) is 11.3. The maximum atomic E-state index is 10.7. The molecule has 7 nitrogen and oxygen atoms in total. The second kappa shape index (κ2) is 4.94. The number of nitrogens with one attached hydrogen (secondary N) is 1. The van der Waals surface area contributed by atoms with Gasteiger partial charge in [-0.25, -0.2) is 0 Å². The summed E-state index contributed by atoms with van der Waals surface area (Å²) >= 11 is 0. The molecule has 0 bridgehead atoms. The van der Waals surface area contributed by atoms with Gasteiger partial charge in [-0.05, 0) is 19.1 Å². The lowest BCUT2D eigenvalue weighted by atomic mass is 10.1. The topological polar surface area (TPSA) is 116 Å². The first kappa shape index (κ1) is 12.4. The van der Waals surface area contributed by atoms with Crippen molar-refractivity contribution < 1.29 is 14.8 Å². The average molecular weight is 235 g/mol. The van der Waals surface area contributed by atoms with E-state index in [-0.39, 0.29) is 16.9 Å². The summed E-state index contributed by atoms with van der Waals surface area (Å²) in [5.74, 6) is -1.14. The predicted molar refractivity (Wildman–Crippen MR) is 58.5 cm³/mol. The number of carboxylic acid groups (broad SMARTS) is 1. The van der Waals surface area contributed by atoms with Gasteiger partial charge in [-0.3, -0.25) is 14.9 Å². The van der Waals surface area contributed by atoms with Gasteiger partial charge in [-0.2, -0.15) is 5.26 Å². The summed E-state index contributed by atoms with van der Waals surface area (Å²) < 4.78 is 0. The molecule has 1 rings (SSSR count). The first-order chi connectivity index (χ1) is 7.95. The number of nitrogens with zero attached hydrogens (tertiary/aromatic N) is 2. The van der Waals surface area contributed by atoms with Crippen LogP contribution in [-0.2, 0) is 4.79 Å². The van der Waals surface area contributed by atoms with Crippen LogP contribution in [-0.4, -0.2) is 22.0 Å². The number of anilines is 1. The number of carbonyl (C=O) groups is 1. The minimum Gasteiger partial charge on any atom is -0.480 e. The second-order valence-corrected chi connectivity index (χ2v) is 3.31. The summed E-state index contributed by atoms with van der Waals surface area (Å²) in [5.41, 5.74) is -0.0308. The van der Waals surface area contributed by atoms with Gasteiger partial charge in [0.25, 0.3) is 5.69 Å². The van der Waals surface area contributed by atoms with E-state index in [1.807, 2.05) is 6.07 Å². The minimum atomic E-state index is -1.14. The Kier molecular flexibility index (Phi) is 3.62. The Morgan fingerprint density at radius 3 is 2.76 bits per heavy atom. The number of rotatable bonds is 4. The molecule has 7 heteroatoms. The highest BCUT2D eigenvalue weighted by atomic mass is 16.6. The molecule has 88 valence electrons. The maximum absolute atomic E-state index is 10.7. The van der Waals surface area contributed by atoms with Gasteiger partial charge in [-0.1, -0.05) is 0 Å². The lowest BCUT2D eigenvalue weighted by Gasteiger charge is -2.10. The van der Waals surface area contributed by atoms with Crippen molar-refractivity contribution in [1.29, 1.82) is 5.26 Å². The quantitative estimate of drug-likeness (QED) is 0.601. The molecule has 0 radical (unpaired) electrons. The van der Waals surface area contributed by atoms with Crippen LogP contribution in [0.3, 0.4) is 0 Å². The fourth-order valence-corrected chi connectivity index (χ4v) is 1.18. The van der Waals surface area contributed by atoms with Crippen molar-refractivity contribution in [2.75, 3.05) is 5.32 Å². The van der Waals surface area contributed by atoms with Crippen LogP contribution in [0.25, 0.3) is 0 Å². The van der Waals surface area contributed by atoms with Gasteiger partial charge in [0.05, 0.1) is 16.6 Å². The number of nitro groups is 1. The van der Waals surface area contributed by atoms with Crippen LogP contribution in [0.5, 0.6) is 0 Å². The predicted octanol–water partition coefficient (Wildman–Crippen LogP) is 1.35.